The SMILES string of the molecule is CC(=O)c1ccc(N(C(=O)c2ccco2)[C@H](C(=O)NC2CCCC2)c2ccccc2F)cc1. The fraction of sp³-hybridized carbons (Fsp3) is 0.269. The van der Waals surface area contributed by atoms with Gasteiger partial charge in [-0.05, 0) is 62.2 Å². The zero-order chi connectivity index (χ0) is 23.4. The van der Waals surface area contributed by atoms with Crippen LogP contribution in [0.1, 0.15) is 65.1 Å². The van der Waals surface area contributed by atoms with Crippen molar-refractivity contribution in [1.29, 1.82) is 0 Å². The van der Waals surface area contributed by atoms with Gasteiger partial charge < -0.3 is 9.73 Å². The summed E-state index contributed by atoms with van der Waals surface area (Å²) < 4.78 is 20.3. The summed E-state index contributed by atoms with van der Waals surface area (Å²) in [5.74, 6) is -1.77. The van der Waals surface area contributed by atoms with Crippen molar-refractivity contribution >= 4 is 23.3 Å². The first-order chi connectivity index (χ1) is 16.0. The van der Waals surface area contributed by atoms with E-state index < -0.39 is 23.7 Å². The van der Waals surface area contributed by atoms with Gasteiger partial charge in [-0.2, -0.15) is 0 Å². The molecule has 0 spiro atoms. The number of amides is 2. The molecule has 170 valence electrons. The number of ketones is 1. The second-order valence-electron chi connectivity index (χ2n) is 8.17. The number of anilines is 1. The molecule has 2 aromatic carbocycles. The number of nitrogens with one attached hydrogen (secondary N) is 1. The molecule has 0 saturated heterocycles. The highest BCUT2D eigenvalue weighted by Gasteiger charge is 2.37. The van der Waals surface area contributed by atoms with Crippen molar-refractivity contribution in [3.05, 3.63) is 89.6 Å². The number of nitrogens with zero attached hydrogens (tertiary/aromatic N) is 1. The molecular formula is C26H25FN2O4. The largest absolute Gasteiger partial charge is 0.459 e. The highest BCUT2D eigenvalue weighted by molar-refractivity contribution is 6.09. The van der Waals surface area contributed by atoms with Crippen molar-refractivity contribution in [1.82, 2.24) is 5.32 Å². The van der Waals surface area contributed by atoms with Crippen LogP contribution in [0, 0.1) is 5.82 Å². The van der Waals surface area contributed by atoms with Gasteiger partial charge in [0.05, 0.1) is 6.26 Å². The second kappa shape index (κ2) is 9.81. The van der Waals surface area contributed by atoms with E-state index in [9.17, 15) is 18.8 Å². The van der Waals surface area contributed by atoms with E-state index in [-0.39, 0.29) is 23.1 Å². The number of furan rings is 1. The van der Waals surface area contributed by atoms with E-state index in [2.05, 4.69) is 5.32 Å². The van der Waals surface area contributed by atoms with Crippen LogP contribution < -0.4 is 10.2 Å². The van der Waals surface area contributed by atoms with Gasteiger partial charge in [0.1, 0.15) is 11.9 Å². The maximum Gasteiger partial charge on any atom is 0.294 e. The first-order valence-electron chi connectivity index (χ1n) is 11.0. The Balaban J connectivity index is 1.82. The van der Waals surface area contributed by atoms with Gasteiger partial charge in [-0.1, -0.05) is 31.0 Å². The minimum absolute atomic E-state index is 0.0145. The number of benzene rings is 2. The van der Waals surface area contributed by atoms with Gasteiger partial charge in [-0.25, -0.2) is 4.39 Å². The molecule has 1 atom stereocenters. The van der Waals surface area contributed by atoms with Crippen LogP contribution in [0.25, 0.3) is 0 Å². The van der Waals surface area contributed by atoms with Crippen LogP contribution in [0.4, 0.5) is 10.1 Å². The molecule has 6 nitrogen and oxygen atoms in total. The Bertz CT molecular complexity index is 1140. The molecule has 4 rings (SSSR count). The molecule has 2 amide bonds. The first-order valence-corrected chi connectivity index (χ1v) is 11.0. The predicted octanol–water partition coefficient (Wildman–Crippen LogP) is 5.07. The molecule has 33 heavy (non-hydrogen) atoms. The maximum absolute atomic E-state index is 15.0. The Morgan fingerprint density at radius 3 is 2.30 bits per heavy atom. The first kappa shape index (κ1) is 22.5. The predicted molar refractivity (Wildman–Crippen MR) is 122 cm³/mol. The van der Waals surface area contributed by atoms with Gasteiger partial charge in [-0.3, -0.25) is 19.3 Å². The molecule has 1 aliphatic carbocycles. The third-order valence-electron chi connectivity index (χ3n) is 5.91. The summed E-state index contributed by atoms with van der Waals surface area (Å²) in [7, 11) is 0. The van der Waals surface area contributed by atoms with Crippen LogP contribution >= 0.6 is 0 Å². The number of halogens is 1. The summed E-state index contributed by atoms with van der Waals surface area (Å²) in [5, 5.41) is 3.00. The van der Waals surface area contributed by atoms with E-state index in [1.807, 2.05) is 0 Å². The lowest BCUT2D eigenvalue weighted by atomic mass is 10.0. The second-order valence-corrected chi connectivity index (χ2v) is 8.17. The Morgan fingerprint density at radius 1 is 1.00 bits per heavy atom. The average Bonchev–Trinajstić information content (AvgIpc) is 3.52. The molecule has 1 fully saturated rings. The minimum Gasteiger partial charge on any atom is -0.459 e. The van der Waals surface area contributed by atoms with E-state index in [1.54, 1.807) is 36.4 Å². The molecule has 0 aliphatic heterocycles. The Kier molecular flexibility index (Phi) is 6.68. The van der Waals surface area contributed by atoms with Gasteiger partial charge in [-0.15, -0.1) is 0 Å². The number of Topliss-reactive ketones (excluding diaryl/α,β-unsaturated/α-hetero) is 1. The summed E-state index contributed by atoms with van der Waals surface area (Å²) in [6, 6.07) is 14.0. The molecule has 1 aliphatic rings. The third kappa shape index (κ3) is 4.87. The van der Waals surface area contributed by atoms with Crippen molar-refractivity contribution in [2.75, 3.05) is 4.90 Å². The molecular weight excluding hydrogens is 423 g/mol. The number of carbonyl (C=O) groups excluding carboxylic acids is 3. The van der Waals surface area contributed by atoms with Crippen LogP contribution in [0.2, 0.25) is 0 Å². The smallest absolute Gasteiger partial charge is 0.294 e. The van der Waals surface area contributed by atoms with Crippen LogP contribution in [-0.2, 0) is 4.79 Å². The summed E-state index contributed by atoms with van der Waals surface area (Å²) in [5.41, 5.74) is 0.877. The van der Waals surface area contributed by atoms with E-state index in [0.29, 0.717) is 11.3 Å². The molecule has 1 saturated carbocycles. The van der Waals surface area contributed by atoms with Gasteiger partial charge in [0.25, 0.3) is 5.91 Å². The third-order valence-corrected chi connectivity index (χ3v) is 5.91. The number of hydrogen-bond donors (Lipinski definition) is 1. The highest BCUT2D eigenvalue weighted by atomic mass is 19.1. The quantitative estimate of drug-likeness (QED) is 0.512. The number of hydrogen-bond acceptors (Lipinski definition) is 4. The van der Waals surface area contributed by atoms with E-state index in [0.717, 1.165) is 25.7 Å². The molecule has 0 unspecified atom stereocenters. The van der Waals surface area contributed by atoms with Gasteiger partial charge in [0.15, 0.2) is 11.5 Å². The lowest BCUT2D eigenvalue weighted by molar-refractivity contribution is -0.123. The lowest BCUT2D eigenvalue weighted by Gasteiger charge is -2.32. The fourth-order valence-corrected chi connectivity index (χ4v) is 4.20. The molecule has 1 heterocycles. The van der Waals surface area contributed by atoms with Crippen molar-refractivity contribution < 1.29 is 23.2 Å². The highest BCUT2D eigenvalue weighted by Crippen LogP contribution is 2.32. The van der Waals surface area contributed by atoms with Crippen molar-refractivity contribution in [3.63, 3.8) is 0 Å². The summed E-state index contributed by atoms with van der Waals surface area (Å²) in [4.78, 5) is 40.1. The number of rotatable bonds is 7. The average molecular weight is 448 g/mol. The van der Waals surface area contributed by atoms with Crippen LogP contribution in [-0.4, -0.2) is 23.6 Å². The van der Waals surface area contributed by atoms with Crippen molar-refractivity contribution in [3.8, 4) is 0 Å². The molecule has 3 aromatic rings. The summed E-state index contributed by atoms with van der Waals surface area (Å²) >= 11 is 0. The van der Waals surface area contributed by atoms with E-state index in [1.165, 1.54) is 42.4 Å². The topological polar surface area (TPSA) is 79.6 Å². The van der Waals surface area contributed by atoms with Gasteiger partial charge >= 0.3 is 0 Å². The van der Waals surface area contributed by atoms with Gasteiger partial charge in [0.2, 0.25) is 5.91 Å². The van der Waals surface area contributed by atoms with Crippen LogP contribution in [0.15, 0.2) is 71.3 Å². The van der Waals surface area contributed by atoms with Crippen LogP contribution in [0.3, 0.4) is 0 Å². The van der Waals surface area contributed by atoms with E-state index in [4.69, 9.17) is 4.42 Å². The Hall–Kier alpha value is -3.74. The van der Waals surface area contributed by atoms with Crippen LogP contribution in [0.5, 0.6) is 0 Å². The minimum atomic E-state index is -1.27. The van der Waals surface area contributed by atoms with Crippen molar-refractivity contribution in [2.24, 2.45) is 0 Å². The summed E-state index contributed by atoms with van der Waals surface area (Å²) in [6.45, 7) is 1.44. The molecule has 0 radical (unpaired) electrons. The number of carbonyl (C=O) groups is 3. The maximum atomic E-state index is 15.0. The lowest BCUT2D eigenvalue weighted by Crippen LogP contribution is -2.46. The molecule has 0 bridgehead atoms. The summed E-state index contributed by atoms with van der Waals surface area (Å²) in [6.07, 6.45) is 5.07. The molecule has 1 aromatic heterocycles. The fourth-order valence-electron chi connectivity index (χ4n) is 4.20. The zero-order valence-corrected chi connectivity index (χ0v) is 18.3. The zero-order valence-electron chi connectivity index (χ0n) is 18.3. The van der Waals surface area contributed by atoms with E-state index >= 15 is 0 Å². The molecule has 1 N–H and O–H groups in total. The van der Waals surface area contributed by atoms with Crippen molar-refractivity contribution in [2.45, 2.75) is 44.7 Å². The molecule has 7 heteroatoms. The Labute approximate surface area is 191 Å². The normalized spacial score (nSPS) is 14.6. The standard InChI is InChI=1S/C26H25FN2O4/c1-17(30)18-12-14-20(15-13-18)29(26(32)23-11-6-16-33-23)24(21-9-4-5-10-22(21)27)25(31)28-19-7-2-3-8-19/h4-6,9-16,19,24H,2-3,7-8H2,1H3,(H,28,31)/t24-/m0/s1. The Morgan fingerprint density at radius 2 is 1.70 bits per heavy atom. The van der Waals surface area contributed by atoms with Gasteiger partial charge in [0, 0.05) is 22.9 Å². The monoisotopic (exact) mass is 448 g/mol.